The molecule has 2 aromatic rings. The molecule has 2 rings (SSSR count). The monoisotopic (exact) mass is 327 g/mol. The fourth-order valence-corrected chi connectivity index (χ4v) is 2.23. The van der Waals surface area contributed by atoms with E-state index in [1.807, 2.05) is 37.3 Å². The maximum Gasteiger partial charge on any atom is 0.269 e. The molecule has 23 heavy (non-hydrogen) atoms. The van der Waals surface area contributed by atoms with E-state index in [1.54, 1.807) is 12.1 Å². The van der Waals surface area contributed by atoms with Crippen LogP contribution in [0.15, 0.2) is 54.6 Å². The Labute approximate surface area is 142 Å². The van der Waals surface area contributed by atoms with Crippen molar-refractivity contribution in [3.8, 4) is 0 Å². The molecule has 0 radical (unpaired) electrons. The predicted octanol–water partition coefficient (Wildman–Crippen LogP) is 2.74. The van der Waals surface area contributed by atoms with Gasteiger partial charge in [0.25, 0.3) is 5.91 Å². The summed E-state index contributed by atoms with van der Waals surface area (Å²) in [5.74, 6) is -0.210. The molecule has 0 aliphatic heterocycles. The Morgan fingerprint density at radius 3 is 2.39 bits per heavy atom. The first-order valence-corrected chi connectivity index (χ1v) is 8.01. The summed E-state index contributed by atoms with van der Waals surface area (Å²) in [6.07, 6.45) is 1.96. The molecule has 1 amide bonds. The predicted molar refractivity (Wildman–Crippen MR) is 97.1 cm³/mol. The van der Waals surface area contributed by atoms with Crippen LogP contribution in [0.5, 0.6) is 0 Å². The topological polar surface area (TPSA) is 53.2 Å². The SMILES string of the molecule is Cc1ccc(C(=O)NNC(=S)NCCCc2ccccc2)cc1. The first kappa shape index (κ1) is 17.0. The fourth-order valence-electron chi connectivity index (χ4n) is 2.07. The van der Waals surface area contributed by atoms with Gasteiger partial charge in [-0.1, -0.05) is 48.0 Å². The summed E-state index contributed by atoms with van der Waals surface area (Å²) in [4.78, 5) is 11.9. The van der Waals surface area contributed by atoms with E-state index in [0.29, 0.717) is 10.7 Å². The molecule has 0 atom stereocenters. The van der Waals surface area contributed by atoms with Crippen LogP contribution < -0.4 is 16.2 Å². The van der Waals surface area contributed by atoms with Crippen molar-refractivity contribution in [3.63, 3.8) is 0 Å². The summed E-state index contributed by atoms with van der Waals surface area (Å²) in [6.45, 7) is 2.73. The molecule has 0 aliphatic rings. The smallest absolute Gasteiger partial charge is 0.269 e. The number of carbonyl (C=O) groups excluding carboxylic acids is 1. The number of benzene rings is 2. The Morgan fingerprint density at radius 2 is 1.70 bits per heavy atom. The molecule has 3 N–H and O–H groups in total. The largest absolute Gasteiger partial charge is 0.361 e. The standard InChI is InChI=1S/C18H21N3OS/c1-14-9-11-16(12-10-14)17(22)20-21-18(23)19-13-5-8-15-6-3-2-4-7-15/h2-4,6-7,9-12H,5,8,13H2,1H3,(H,20,22)(H2,19,21,23). The van der Waals surface area contributed by atoms with Gasteiger partial charge >= 0.3 is 0 Å². The number of carbonyl (C=O) groups is 1. The van der Waals surface area contributed by atoms with Crippen LogP contribution in [0.3, 0.4) is 0 Å². The Morgan fingerprint density at radius 1 is 1.00 bits per heavy atom. The normalized spacial score (nSPS) is 9.96. The van der Waals surface area contributed by atoms with Crippen molar-refractivity contribution in [1.29, 1.82) is 0 Å². The molecule has 0 heterocycles. The van der Waals surface area contributed by atoms with E-state index in [9.17, 15) is 4.79 Å². The van der Waals surface area contributed by atoms with Gasteiger partial charge in [0.1, 0.15) is 0 Å². The number of rotatable bonds is 5. The van der Waals surface area contributed by atoms with Gasteiger partial charge in [-0.15, -0.1) is 0 Å². The first-order chi connectivity index (χ1) is 11.1. The number of nitrogens with one attached hydrogen (secondary N) is 3. The molecular formula is C18H21N3OS. The number of thiocarbonyl (C=S) groups is 1. The third-order valence-electron chi connectivity index (χ3n) is 3.37. The van der Waals surface area contributed by atoms with Crippen LogP contribution in [0, 0.1) is 6.92 Å². The number of amides is 1. The van der Waals surface area contributed by atoms with E-state index < -0.39 is 0 Å². The van der Waals surface area contributed by atoms with E-state index in [0.717, 1.165) is 24.9 Å². The van der Waals surface area contributed by atoms with Crippen molar-refractivity contribution in [2.75, 3.05) is 6.54 Å². The molecule has 0 aromatic heterocycles. The van der Waals surface area contributed by atoms with Gasteiger partial charge in [-0.3, -0.25) is 15.6 Å². The second-order valence-corrected chi connectivity index (χ2v) is 5.70. The van der Waals surface area contributed by atoms with Crippen molar-refractivity contribution in [2.45, 2.75) is 19.8 Å². The van der Waals surface area contributed by atoms with Crippen molar-refractivity contribution >= 4 is 23.2 Å². The molecule has 5 heteroatoms. The lowest BCUT2D eigenvalue weighted by atomic mass is 10.1. The number of hydrazine groups is 1. The zero-order valence-corrected chi connectivity index (χ0v) is 14.0. The van der Waals surface area contributed by atoms with E-state index >= 15 is 0 Å². The second-order valence-electron chi connectivity index (χ2n) is 5.29. The lowest BCUT2D eigenvalue weighted by molar-refractivity contribution is 0.0943. The number of hydrogen-bond acceptors (Lipinski definition) is 2. The van der Waals surface area contributed by atoms with E-state index in [4.69, 9.17) is 12.2 Å². The molecule has 0 fully saturated rings. The average Bonchev–Trinajstić information content (AvgIpc) is 2.58. The van der Waals surface area contributed by atoms with Crippen molar-refractivity contribution in [2.24, 2.45) is 0 Å². The van der Waals surface area contributed by atoms with Crippen LogP contribution in [0.25, 0.3) is 0 Å². The highest BCUT2D eigenvalue weighted by Gasteiger charge is 2.04. The highest BCUT2D eigenvalue weighted by molar-refractivity contribution is 7.80. The summed E-state index contributed by atoms with van der Waals surface area (Å²) >= 11 is 5.14. The molecule has 0 unspecified atom stereocenters. The van der Waals surface area contributed by atoms with Crippen molar-refractivity contribution < 1.29 is 4.79 Å². The number of hydrogen-bond donors (Lipinski definition) is 3. The molecular weight excluding hydrogens is 306 g/mol. The third kappa shape index (κ3) is 6.08. The molecule has 120 valence electrons. The van der Waals surface area contributed by atoms with Gasteiger partial charge in [-0.25, -0.2) is 0 Å². The van der Waals surface area contributed by atoms with Crippen LogP contribution in [0.2, 0.25) is 0 Å². The number of aryl methyl sites for hydroxylation is 2. The van der Waals surface area contributed by atoms with Crippen molar-refractivity contribution in [3.05, 3.63) is 71.3 Å². The van der Waals surface area contributed by atoms with Gasteiger partial charge in [-0.05, 0) is 49.7 Å². The highest BCUT2D eigenvalue weighted by atomic mass is 32.1. The van der Waals surface area contributed by atoms with Gasteiger partial charge in [0.05, 0.1) is 0 Å². The van der Waals surface area contributed by atoms with E-state index in [-0.39, 0.29) is 5.91 Å². The maximum atomic E-state index is 11.9. The highest BCUT2D eigenvalue weighted by Crippen LogP contribution is 2.02. The lowest BCUT2D eigenvalue weighted by Crippen LogP contribution is -2.47. The van der Waals surface area contributed by atoms with Gasteiger partial charge < -0.3 is 5.32 Å². The van der Waals surface area contributed by atoms with E-state index in [1.165, 1.54) is 5.56 Å². The Hall–Kier alpha value is -2.40. The Kier molecular flexibility index (Phi) is 6.56. The minimum atomic E-state index is -0.210. The van der Waals surface area contributed by atoms with Crippen LogP contribution in [0.1, 0.15) is 27.9 Å². The summed E-state index contributed by atoms with van der Waals surface area (Å²) in [6, 6.07) is 17.7. The molecule has 0 bridgehead atoms. The van der Waals surface area contributed by atoms with Gasteiger partial charge in [-0.2, -0.15) is 0 Å². The summed E-state index contributed by atoms with van der Waals surface area (Å²) in [7, 11) is 0. The summed E-state index contributed by atoms with van der Waals surface area (Å²) in [5, 5.41) is 3.49. The minimum absolute atomic E-state index is 0.210. The Balaban J connectivity index is 1.63. The molecule has 0 spiro atoms. The van der Waals surface area contributed by atoms with Gasteiger partial charge in [0.15, 0.2) is 5.11 Å². The quantitative estimate of drug-likeness (QED) is 0.449. The minimum Gasteiger partial charge on any atom is -0.361 e. The molecule has 4 nitrogen and oxygen atoms in total. The summed E-state index contributed by atoms with van der Waals surface area (Å²) in [5.41, 5.74) is 8.31. The molecule has 0 saturated heterocycles. The molecule has 0 aliphatic carbocycles. The van der Waals surface area contributed by atoms with Crippen molar-refractivity contribution in [1.82, 2.24) is 16.2 Å². The maximum absolute atomic E-state index is 11.9. The Bertz CT molecular complexity index is 641. The van der Waals surface area contributed by atoms with E-state index in [2.05, 4.69) is 28.3 Å². The zero-order valence-electron chi connectivity index (χ0n) is 13.1. The van der Waals surface area contributed by atoms with Crippen LogP contribution in [-0.2, 0) is 6.42 Å². The average molecular weight is 327 g/mol. The van der Waals surface area contributed by atoms with Crippen LogP contribution in [0.4, 0.5) is 0 Å². The van der Waals surface area contributed by atoms with Crippen LogP contribution >= 0.6 is 12.2 Å². The summed E-state index contributed by atoms with van der Waals surface area (Å²) < 4.78 is 0. The third-order valence-corrected chi connectivity index (χ3v) is 3.62. The van der Waals surface area contributed by atoms with Gasteiger partial charge in [0, 0.05) is 12.1 Å². The second kappa shape index (κ2) is 8.90. The fraction of sp³-hybridized carbons (Fsp3) is 0.222. The molecule has 0 saturated carbocycles. The zero-order chi connectivity index (χ0) is 16.5. The first-order valence-electron chi connectivity index (χ1n) is 7.60. The molecule has 2 aromatic carbocycles. The van der Waals surface area contributed by atoms with Crippen LogP contribution in [-0.4, -0.2) is 17.6 Å². The van der Waals surface area contributed by atoms with Gasteiger partial charge in [0.2, 0.25) is 0 Å². The lowest BCUT2D eigenvalue weighted by Gasteiger charge is -2.11.